The zero-order chi connectivity index (χ0) is 28.6. The molecule has 5 aromatic carbocycles. The van der Waals surface area contributed by atoms with Gasteiger partial charge in [-0.3, -0.25) is 0 Å². The Morgan fingerprint density at radius 2 is 0.250 bits per heavy atom. The number of phenolic OH excluding ortho intramolecular Hbond substituents is 10. The Morgan fingerprint density at radius 1 is 0.175 bits per heavy atom. The van der Waals surface area contributed by atoms with Crippen molar-refractivity contribution in [3.05, 3.63) is 60.7 Å². The Hall–Kier alpha value is -5.90. The molecule has 0 unspecified atom stereocenters. The molecule has 0 radical (unpaired) electrons. The van der Waals surface area contributed by atoms with E-state index in [-0.39, 0.29) is 55.6 Å². The summed E-state index contributed by atoms with van der Waals surface area (Å²) in [6, 6.07) is 10.9. The van der Waals surface area contributed by atoms with E-state index in [1.165, 1.54) is 0 Å². The van der Waals surface area contributed by atoms with Gasteiger partial charge in [0.2, 0.25) is 0 Å². The van der Waals surface area contributed by atoms with Crippen LogP contribution in [0.5, 0.6) is 57.5 Å². The van der Waals surface area contributed by atoms with Crippen LogP contribution in [0.1, 0.15) is 0 Å². The second-order valence-corrected chi connectivity index (χ2v) is 9.43. The summed E-state index contributed by atoms with van der Waals surface area (Å²) in [4.78, 5) is 0. The molecule has 0 atom stereocenters. The maximum absolute atomic E-state index is 10.8. The number of hydrogen-bond acceptors (Lipinski definition) is 10. The van der Waals surface area contributed by atoms with E-state index in [0.29, 0.717) is 0 Å². The Bertz CT molecular complexity index is 1450. The minimum Gasteiger partial charge on any atom is -0.507 e. The SMILES string of the molecule is Oc1cc2c(O)cc1-c1cc(O)c(cc1O)-c1cc(O)c(cc1O)-c1cc(O)c(cc1O)-c1cc(O)c-2cc1O. The van der Waals surface area contributed by atoms with Crippen LogP contribution in [0.4, 0.5) is 0 Å². The second kappa shape index (κ2) is 8.30. The third-order valence-corrected chi connectivity index (χ3v) is 7.02. The standard InChI is InChI=1S/C30H20O10/c31-21-1-11-12-2-24(34)15(5-23(12)33)17-7-28(38)19(9-27(17)37)20-10-29(39)18(8-30(20)40)16-6-25(35)14(4-26(16)36)13(21)3-22(11)32/h1-10,31-40H. The van der Waals surface area contributed by atoms with E-state index in [9.17, 15) is 51.1 Å². The van der Waals surface area contributed by atoms with Gasteiger partial charge in [0.15, 0.2) is 0 Å². The number of aromatic hydroxyl groups is 10. The van der Waals surface area contributed by atoms with Gasteiger partial charge in [-0.15, -0.1) is 0 Å². The molecule has 10 heteroatoms. The van der Waals surface area contributed by atoms with Gasteiger partial charge in [-0.2, -0.15) is 0 Å². The quantitative estimate of drug-likeness (QED) is 0.111. The van der Waals surface area contributed by atoms with Crippen LogP contribution in [0.25, 0.3) is 55.6 Å². The van der Waals surface area contributed by atoms with Gasteiger partial charge in [0.25, 0.3) is 0 Å². The van der Waals surface area contributed by atoms with E-state index < -0.39 is 57.5 Å². The van der Waals surface area contributed by atoms with Gasteiger partial charge in [-0.05, 0) is 60.7 Å². The molecular weight excluding hydrogens is 520 g/mol. The molecule has 0 aromatic heterocycles. The van der Waals surface area contributed by atoms with Gasteiger partial charge < -0.3 is 51.1 Å². The first kappa shape index (κ1) is 24.4. The summed E-state index contributed by atoms with van der Waals surface area (Å²) >= 11 is 0. The fraction of sp³-hybridized carbons (Fsp3) is 0. The van der Waals surface area contributed by atoms with Crippen LogP contribution >= 0.6 is 0 Å². The van der Waals surface area contributed by atoms with Crippen molar-refractivity contribution in [3.63, 3.8) is 0 Å². The Kier molecular flexibility index (Phi) is 5.07. The van der Waals surface area contributed by atoms with E-state index in [0.717, 1.165) is 60.7 Å². The average molecular weight is 540 g/mol. The minimum atomic E-state index is -0.462. The van der Waals surface area contributed by atoms with Crippen LogP contribution in [0.2, 0.25) is 0 Å². The molecule has 10 bridgehead atoms. The molecule has 0 heterocycles. The minimum absolute atomic E-state index is 0.0855. The molecule has 10 N–H and O–H groups in total. The molecule has 0 aliphatic heterocycles. The fourth-order valence-corrected chi connectivity index (χ4v) is 5.04. The number of benzene rings is 5. The predicted octanol–water partition coefficient (Wildman–Crippen LogP) is 5.39. The normalized spacial score (nSPS) is 11.5. The van der Waals surface area contributed by atoms with E-state index in [2.05, 4.69) is 0 Å². The third kappa shape index (κ3) is 3.51. The van der Waals surface area contributed by atoms with Gasteiger partial charge in [0.05, 0.1) is 0 Å². The molecule has 0 saturated heterocycles. The van der Waals surface area contributed by atoms with Crippen molar-refractivity contribution in [1.29, 1.82) is 0 Å². The van der Waals surface area contributed by atoms with Crippen LogP contribution in [-0.4, -0.2) is 51.1 Å². The highest BCUT2D eigenvalue weighted by atomic mass is 16.3. The summed E-state index contributed by atoms with van der Waals surface area (Å²) in [7, 11) is 0. The van der Waals surface area contributed by atoms with Crippen molar-refractivity contribution in [2.75, 3.05) is 0 Å². The number of hydrogen-bond donors (Lipinski definition) is 10. The molecule has 18 rings (SSSR count). The van der Waals surface area contributed by atoms with Crippen molar-refractivity contribution in [1.82, 2.24) is 0 Å². The topological polar surface area (TPSA) is 202 Å². The summed E-state index contributed by atoms with van der Waals surface area (Å²) in [5.41, 5.74) is -0.855. The third-order valence-electron chi connectivity index (χ3n) is 7.02. The van der Waals surface area contributed by atoms with Crippen molar-refractivity contribution in [2.45, 2.75) is 0 Å². The van der Waals surface area contributed by atoms with E-state index >= 15 is 0 Å². The zero-order valence-electron chi connectivity index (χ0n) is 20.2. The molecule has 40 heavy (non-hydrogen) atoms. The van der Waals surface area contributed by atoms with Crippen molar-refractivity contribution < 1.29 is 51.1 Å². The maximum Gasteiger partial charge on any atom is 0.124 e. The van der Waals surface area contributed by atoms with Gasteiger partial charge in [-0.1, -0.05) is 0 Å². The largest absolute Gasteiger partial charge is 0.507 e. The van der Waals surface area contributed by atoms with Crippen molar-refractivity contribution >= 4 is 0 Å². The second-order valence-electron chi connectivity index (χ2n) is 9.43. The molecule has 200 valence electrons. The van der Waals surface area contributed by atoms with Crippen LogP contribution in [-0.2, 0) is 0 Å². The average Bonchev–Trinajstić information content (AvgIpc) is 2.89. The number of phenols is 10. The van der Waals surface area contributed by atoms with Crippen LogP contribution in [0, 0.1) is 0 Å². The van der Waals surface area contributed by atoms with Crippen LogP contribution < -0.4 is 0 Å². The first-order valence-electron chi connectivity index (χ1n) is 11.8. The Labute approximate surface area is 225 Å². The molecule has 0 fully saturated rings. The van der Waals surface area contributed by atoms with Crippen LogP contribution in [0.15, 0.2) is 60.7 Å². The van der Waals surface area contributed by atoms with Gasteiger partial charge in [0.1, 0.15) is 57.5 Å². The summed E-state index contributed by atoms with van der Waals surface area (Å²) in [6.45, 7) is 0. The molecule has 10 nitrogen and oxygen atoms in total. The lowest BCUT2D eigenvalue weighted by atomic mass is 9.91. The summed E-state index contributed by atoms with van der Waals surface area (Å²) in [5.74, 6) is -4.62. The van der Waals surface area contributed by atoms with Crippen LogP contribution in [0.3, 0.4) is 0 Å². The fourth-order valence-electron chi connectivity index (χ4n) is 5.04. The van der Waals surface area contributed by atoms with Gasteiger partial charge in [-0.25, -0.2) is 0 Å². The van der Waals surface area contributed by atoms with E-state index in [1.54, 1.807) is 0 Å². The molecule has 0 spiro atoms. The molecule has 5 aromatic rings. The first-order chi connectivity index (χ1) is 18.9. The number of rotatable bonds is 0. The molecule has 0 saturated carbocycles. The summed E-state index contributed by atoms with van der Waals surface area (Å²) < 4.78 is 0. The maximum atomic E-state index is 10.8. The summed E-state index contributed by atoms with van der Waals surface area (Å²) in [5, 5.41) is 108. The molecule has 13 aliphatic rings. The Balaban J connectivity index is 1.75. The molecule has 13 aliphatic carbocycles. The van der Waals surface area contributed by atoms with E-state index in [1.807, 2.05) is 0 Å². The molecular formula is C30H20O10. The van der Waals surface area contributed by atoms with Gasteiger partial charge in [0, 0.05) is 55.6 Å². The predicted molar refractivity (Wildman–Crippen MR) is 144 cm³/mol. The Morgan fingerprint density at radius 3 is 0.325 bits per heavy atom. The monoisotopic (exact) mass is 540 g/mol. The highest BCUT2D eigenvalue weighted by Crippen LogP contribution is 2.52. The first-order valence-corrected chi connectivity index (χ1v) is 11.8. The lowest BCUT2D eigenvalue weighted by molar-refractivity contribution is 0.451. The molecule has 0 amide bonds. The smallest absolute Gasteiger partial charge is 0.124 e. The zero-order valence-corrected chi connectivity index (χ0v) is 20.2. The lowest BCUT2D eigenvalue weighted by Gasteiger charge is -2.18. The van der Waals surface area contributed by atoms with Gasteiger partial charge >= 0.3 is 0 Å². The highest BCUT2D eigenvalue weighted by Gasteiger charge is 2.24. The lowest BCUT2D eigenvalue weighted by Crippen LogP contribution is -1.91. The van der Waals surface area contributed by atoms with E-state index in [4.69, 9.17) is 0 Å². The van der Waals surface area contributed by atoms with Crippen molar-refractivity contribution in [3.8, 4) is 113 Å². The van der Waals surface area contributed by atoms with Crippen molar-refractivity contribution in [2.24, 2.45) is 0 Å². The highest BCUT2D eigenvalue weighted by molar-refractivity contribution is 5.93. The summed E-state index contributed by atoms with van der Waals surface area (Å²) in [6.07, 6.45) is 0.